The lowest BCUT2D eigenvalue weighted by atomic mass is 9.88. The SMILES string of the molecule is Cc1nc(C2=NC3(CCN(C(=O)Nc4ccccc4)CC3)C(=O)N2)cs1. The molecule has 134 valence electrons. The third-order valence-corrected chi connectivity index (χ3v) is 5.52. The highest BCUT2D eigenvalue weighted by atomic mass is 32.1. The molecule has 3 heterocycles. The Kier molecular flexibility index (Phi) is 4.20. The number of anilines is 1. The van der Waals surface area contributed by atoms with Crippen LogP contribution in [0.15, 0.2) is 40.7 Å². The molecule has 2 aliphatic heterocycles. The monoisotopic (exact) mass is 369 g/mol. The van der Waals surface area contributed by atoms with E-state index in [2.05, 4.69) is 20.6 Å². The van der Waals surface area contributed by atoms with Crippen molar-refractivity contribution in [1.29, 1.82) is 0 Å². The van der Waals surface area contributed by atoms with Crippen molar-refractivity contribution in [3.8, 4) is 0 Å². The van der Waals surface area contributed by atoms with Crippen LogP contribution in [0.5, 0.6) is 0 Å². The van der Waals surface area contributed by atoms with Crippen LogP contribution in [0, 0.1) is 6.92 Å². The van der Waals surface area contributed by atoms with Crippen molar-refractivity contribution in [1.82, 2.24) is 15.2 Å². The van der Waals surface area contributed by atoms with Gasteiger partial charge >= 0.3 is 6.03 Å². The van der Waals surface area contributed by atoms with Crippen LogP contribution in [-0.4, -0.2) is 46.3 Å². The van der Waals surface area contributed by atoms with E-state index < -0.39 is 5.54 Å². The minimum absolute atomic E-state index is 0.0960. The van der Waals surface area contributed by atoms with Gasteiger partial charge in [-0.1, -0.05) is 18.2 Å². The fraction of sp³-hybridized carbons (Fsp3) is 0.333. The lowest BCUT2D eigenvalue weighted by Crippen LogP contribution is -2.51. The van der Waals surface area contributed by atoms with Gasteiger partial charge < -0.3 is 15.5 Å². The molecule has 0 bridgehead atoms. The smallest absolute Gasteiger partial charge is 0.321 e. The maximum atomic E-state index is 12.5. The van der Waals surface area contributed by atoms with E-state index in [1.807, 2.05) is 42.6 Å². The van der Waals surface area contributed by atoms with E-state index in [-0.39, 0.29) is 11.9 Å². The van der Waals surface area contributed by atoms with E-state index in [9.17, 15) is 9.59 Å². The number of aryl methyl sites for hydroxylation is 1. The van der Waals surface area contributed by atoms with Gasteiger partial charge in [-0.3, -0.25) is 4.79 Å². The third kappa shape index (κ3) is 3.08. The summed E-state index contributed by atoms with van der Waals surface area (Å²) in [5.74, 6) is 0.447. The van der Waals surface area contributed by atoms with Crippen molar-refractivity contribution in [2.24, 2.45) is 4.99 Å². The second-order valence-electron chi connectivity index (χ2n) is 6.48. The predicted octanol–water partition coefficient (Wildman–Crippen LogP) is 2.39. The number of aromatic nitrogens is 1. The number of rotatable bonds is 2. The number of nitrogens with zero attached hydrogens (tertiary/aromatic N) is 3. The van der Waals surface area contributed by atoms with E-state index in [0.29, 0.717) is 37.5 Å². The Labute approximate surface area is 155 Å². The van der Waals surface area contributed by atoms with E-state index in [1.165, 1.54) is 11.3 Å². The van der Waals surface area contributed by atoms with Gasteiger partial charge in [0.2, 0.25) is 0 Å². The standard InChI is InChI=1S/C18H19N5O2S/c1-12-19-14(11-26-12)15-21-16(24)18(22-15)7-9-23(10-8-18)17(25)20-13-5-3-2-4-6-13/h2-6,11H,7-10H2,1H3,(H,20,25)(H,21,22,24). The molecule has 1 aromatic carbocycles. The first kappa shape index (κ1) is 16.7. The molecular weight excluding hydrogens is 350 g/mol. The lowest BCUT2D eigenvalue weighted by Gasteiger charge is -2.35. The van der Waals surface area contributed by atoms with E-state index in [1.54, 1.807) is 4.90 Å². The van der Waals surface area contributed by atoms with Gasteiger partial charge in [-0.15, -0.1) is 11.3 Å². The summed E-state index contributed by atoms with van der Waals surface area (Å²) in [6.45, 7) is 2.89. The molecule has 1 saturated heterocycles. The summed E-state index contributed by atoms with van der Waals surface area (Å²) in [5.41, 5.74) is 0.689. The van der Waals surface area contributed by atoms with Crippen LogP contribution in [0.4, 0.5) is 10.5 Å². The molecule has 1 aromatic heterocycles. The highest BCUT2D eigenvalue weighted by molar-refractivity contribution is 7.09. The zero-order valence-electron chi connectivity index (χ0n) is 14.4. The molecule has 26 heavy (non-hydrogen) atoms. The number of aliphatic imine (C=N–C) groups is 1. The molecule has 4 rings (SSSR count). The average Bonchev–Trinajstić information content (AvgIpc) is 3.21. The number of amidine groups is 1. The number of nitrogens with one attached hydrogen (secondary N) is 2. The van der Waals surface area contributed by atoms with Gasteiger partial charge in [-0.2, -0.15) is 0 Å². The molecule has 3 amide bonds. The lowest BCUT2D eigenvalue weighted by molar-refractivity contribution is -0.125. The van der Waals surface area contributed by atoms with Crippen molar-refractivity contribution in [2.45, 2.75) is 25.3 Å². The van der Waals surface area contributed by atoms with Crippen molar-refractivity contribution in [2.75, 3.05) is 18.4 Å². The average molecular weight is 369 g/mol. The topological polar surface area (TPSA) is 86.7 Å². The van der Waals surface area contributed by atoms with Gasteiger partial charge in [0.25, 0.3) is 5.91 Å². The molecule has 0 atom stereocenters. The number of hydrogen-bond donors (Lipinski definition) is 2. The summed E-state index contributed by atoms with van der Waals surface area (Å²) in [4.78, 5) is 35.7. The molecule has 0 radical (unpaired) electrons. The van der Waals surface area contributed by atoms with Gasteiger partial charge in [-0.05, 0) is 31.9 Å². The maximum absolute atomic E-state index is 12.5. The number of benzene rings is 1. The molecule has 0 aliphatic carbocycles. The number of para-hydroxylation sites is 1. The second-order valence-corrected chi connectivity index (χ2v) is 7.54. The predicted molar refractivity (Wildman–Crippen MR) is 101 cm³/mol. The second kappa shape index (κ2) is 6.53. The van der Waals surface area contributed by atoms with E-state index in [4.69, 9.17) is 0 Å². The van der Waals surface area contributed by atoms with Crippen LogP contribution in [-0.2, 0) is 4.79 Å². The molecule has 2 aliphatic rings. The first-order chi connectivity index (χ1) is 12.6. The van der Waals surface area contributed by atoms with Crippen LogP contribution in [0.1, 0.15) is 23.5 Å². The summed E-state index contributed by atoms with van der Waals surface area (Å²) >= 11 is 1.53. The Hall–Kier alpha value is -2.74. The van der Waals surface area contributed by atoms with Gasteiger partial charge in [0.05, 0.1) is 5.01 Å². The highest BCUT2D eigenvalue weighted by Crippen LogP contribution is 2.31. The number of urea groups is 1. The number of thiazole rings is 1. The van der Waals surface area contributed by atoms with Crippen LogP contribution >= 0.6 is 11.3 Å². The third-order valence-electron chi connectivity index (χ3n) is 4.74. The Morgan fingerprint density at radius 3 is 2.65 bits per heavy atom. The summed E-state index contributed by atoms with van der Waals surface area (Å²) in [5, 5.41) is 8.58. The largest absolute Gasteiger partial charge is 0.324 e. The molecule has 8 heteroatoms. The van der Waals surface area contributed by atoms with Crippen LogP contribution in [0.2, 0.25) is 0 Å². The van der Waals surface area contributed by atoms with Crippen molar-refractivity contribution in [3.05, 3.63) is 46.4 Å². The number of piperidine rings is 1. The van der Waals surface area contributed by atoms with Crippen LogP contribution < -0.4 is 10.6 Å². The first-order valence-corrected chi connectivity index (χ1v) is 9.38. The van der Waals surface area contributed by atoms with Gasteiger partial charge in [0, 0.05) is 24.2 Å². The molecule has 7 nitrogen and oxygen atoms in total. The van der Waals surface area contributed by atoms with Crippen molar-refractivity contribution in [3.63, 3.8) is 0 Å². The summed E-state index contributed by atoms with van der Waals surface area (Å²) < 4.78 is 0. The Balaban J connectivity index is 1.43. The fourth-order valence-corrected chi connectivity index (χ4v) is 3.85. The number of likely N-dealkylation sites (tertiary alicyclic amines) is 1. The number of carbonyl (C=O) groups excluding carboxylic acids is 2. The number of amides is 3. The van der Waals surface area contributed by atoms with Crippen molar-refractivity contribution >= 4 is 34.8 Å². The number of carbonyl (C=O) groups is 2. The van der Waals surface area contributed by atoms with Crippen LogP contribution in [0.3, 0.4) is 0 Å². The molecular formula is C18H19N5O2S. The molecule has 0 unspecified atom stereocenters. The van der Waals surface area contributed by atoms with Gasteiger partial charge in [0.1, 0.15) is 11.2 Å². The minimum Gasteiger partial charge on any atom is -0.324 e. The molecule has 0 saturated carbocycles. The summed E-state index contributed by atoms with van der Waals surface area (Å²) in [6.07, 6.45) is 1.02. The Bertz CT molecular complexity index is 869. The van der Waals surface area contributed by atoms with E-state index >= 15 is 0 Å². The molecule has 1 spiro atoms. The molecule has 2 N–H and O–H groups in total. The first-order valence-electron chi connectivity index (χ1n) is 8.51. The summed E-state index contributed by atoms with van der Waals surface area (Å²) in [7, 11) is 0. The fourth-order valence-electron chi connectivity index (χ4n) is 3.25. The maximum Gasteiger partial charge on any atom is 0.321 e. The highest BCUT2D eigenvalue weighted by Gasteiger charge is 2.46. The van der Waals surface area contributed by atoms with Crippen molar-refractivity contribution < 1.29 is 9.59 Å². The minimum atomic E-state index is -0.781. The number of hydrogen-bond acceptors (Lipinski definition) is 5. The Morgan fingerprint density at radius 1 is 1.27 bits per heavy atom. The normalized spacial score (nSPS) is 18.6. The zero-order valence-corrected chi connectivity index (χ0v) is 15.2. The quantitative estimate of drug-likeness (QED) is 0.852. The van der Waals surface area contributed by atoms with E-state index in [0.717, 1.165) is 10.7 Å². The summed E-state index contributed by atoms with van der Waals surface area (Å²) in [6, 6.07) is 9.20. The van der Waals surface area contributed by atoms with Gasteiger partial charge in [0.15, 0.2) is 5.84 Å². The zero-order chi connectivity index (χ0) is 18.1. The van der Waals surface area contributed by atoms with Crippen LogP contribution in [0.25, 0.3) is 0 Å². The molecule has 2 aromatic rings. The Morgan fingerprint density at radius 2 is 2.00 bits per heavy atom. The van der Waals surface area contributed by atoms with Gasteiger partial charge in [-0.25, -0.2) is 14.8 Å². The molecule has 1 fully saturated rings.